The van der Waals surface area contributed by atoms with Crippen molar-refractivity contribution in [1.82, 2.24) is 24.5 Å². The molecule has 1 fully saturated rings. The summed E-state index contributed by atoms with van der Waals surface area (Å²) in [7, 11) is 0. The molecule has 2 aromatic heterocycles. The molecule has 0 bridgehead atoms. The minimum atomic E-state index is -0.576. The smallest absolute Gasteiger partial charge is 0.275 e. The van der Waals surface area contributed by atoms with Crippen molar-refractivity contribution < 1.29 is 9.18 Å². The molecule has 0 spiro atoms. The highest BCUT2D eigenvalue weighted by Gasteiger charge is 2.46. The largest absolute Gasteiger partial charge is 0.336 e. The molecule has 8 heteroatoms. The topological polar surface area (TPSA) is 74.8 Å². The van der Waals surface area contributed by atoms with Crippen LogP contribution in [0.15, 0.2) is 42.7 Å². The zero-order valence-corrected chi connectivity index (χ0v) is 17.5. The average molecular weight is 422 g/mol. The van der Waals surface area contributed by atoms with Crippen LogP contribution in [-0.4, -0.2) is 43.5 Å². The molecular formula is C22H20FN5OS. The first-order chi connectivity index (χ1) is 14.5. The van der Waals surface area contributed by atoms with Gasteiger partial charge < -0.3 is 4.90 Å². The summed E-state index contributed by atoms with van der Waals surface area (Å²) in [6.45, 7) is 4.67. The second-order valence-corrected chi connectivity index (χ2v) is 8.67. The second kappa shape index (κ2) is 6.98. The summed E-state index contributed by atoms with van der Waals surface area (Å²) in [6.07, 6.45) is 2.17. The number of nitrogens with zero attached hydrogens (tertiary/aromatic N) is 4. The van der Waals surface area contributed by atoms with Crippen LogP contribution in [0.3, 0.4) is 0 Å². The van der Waals surface area contributed by atoms with Crippen molar-refractivity contribution in [1.29, 1.82) is 0 Å². The van der Waals surface area contributed by atoms with Crippen LogP contribution in [0.1, 0.15) is 38.6 Å². The molecule has 152 valence electrons. The number of rotatable bonds is 3. The van der Waals surface area contributed by atoms with E-state index >= 15 is 0 Å². The molecule has 1 atom stereocenters. The monoisotopic (exact) mass is 421 g/mol. The Bertz CT molecular complexity index is 1250. The third-order valence-corrected chi connectivity index (χ3v) is 6.84. The summed E-state index contributed by atoms with van der Waals surface area (Å²) in [5.41, 5.74) is 3.15. The van der Waals surface area contributed by atoms with E-state index < -0.39 is 5.41 Å². The molecule has 2 aromatic carbocycles. The Kier molecular flexibility index (Phi) is 4.39. The van der Waals surface area contributed by atoms with Gasteiger partial charge in [-0.25, -0.2) is 9.37 Å². The Hall–Kier alpha value is -3.13. The Balaban J connectivity index is 1.54. The summed E-state index contributed by atoms with van der Waals surface area (Å²) in [5, 5.41) is 8.84. The lowest BCUT2D eigenvalue weighted by Gasteiger charge is -2.27. The Morgan fingerprint density at radius 3 is 2.87 bits per heavy atom. The van der Waals surface area contributed by atoms with Crippen molar-refractivity contribution in [2.45, 2.75) is 25.7 Å². The minimum Gasteiger partial charge on any atom is -0.336 e. The zero-order chi connectivity index (χ0) is 20.9. The lowest BCUT2D eigenvalue weighted by Crippen LogP contribution is -2.35. The van der Waals surface area contributed by atoms with Crippen molar-refractivity contribution in [3.63, 3.8) is 0 Å². The van der Waals surface area contributed by atoms with Gasteiger partial charge in [0.25, 0.3) is 5.91 Å². The number of likely N-dealkylation sites (tertiary alicyclic amines) is 1. The molecule has 0 radical (unpaired) electrons. The summed E-state index contributed by atoms with van der Waals surface area (Å²) < 4.78 is 18.6. The summed E-state index contributed by atoms with van der Waals surface area (Å²) in [4.78, 5) is 19.6. The predicted octanol–water partition coefficient (Wildman–Crippen LogP) is 4.00. The van der Waals surface area contributed by atoms with Crippen LogP contribution >= 0.6 is 11.5 Å². The molecule has 1 saturated heterocycles. The van der Waals surface area contributed by atoms with E-state index in [0.29, 0.717) is 30.8 Å². The minimum absolute atomic E-state index is 0.133. The number of benzene rings is 2. The van der Waals surface area contributed by atoms with Crippen LogP contribution in [0.5, 0.6) is 0 Å². The number of aromatic nitrogens is 4. The molecular weight excluding hydrogens is 401 g/mol. The Morgan fingerprint density at radius 1 is 1.23 bits per heavy atom. The van der Waals surface area contributed by atoms with E-state index in [0.717, 1.165) is 27.0 Å². The van der Waals surface area contributed by atoms with E-state index in [1.54, 1.807) is 24.0 Å². The van der Waals surface area contributed by atoms with Crippen molar-refractivity contribution >= 4 is 28.3 Å². The van der Waals surface area contributed by atoms with E-state index in [1.807, 2.05) is 31.2 Å². The summed E-state index contributed by atoms with van der Waals surface area (Å²) in [5.74, 6) is -0.388. The first kappa shape index (κ1) is 18.9. The van der Waals surface area contributed by atoms with E-state index in [1.165, 1.54) is 17.9 Å². The third kappa shape index (κ3) is 2.90. The number of aryl methyl sites for hydroxylation is 2. The molecule has 0 aliphatic carbocycles. The number of H-pyrrole nitrogens is 1. The number of hydrogen-bond acceptors (Lipinski definition) is 5. The van der Waals surface area contributed by atoms with Gasteiger partial charge in [0.1, 0.15) is 17.2 Å². The predicted molar refractivity (Wildman–Crippen MR) is 113 cm³/mol. The molecule has 1 amide bonds. The average Bonchev–Trinajstić information content (AvgIpc) is 3.49. The summed E-state index contributed by atoms with van der Waals surface area (Å²) >= 11 is 1.30. The van der Waals surface area contributed by atoms with Crippen molar-refractivity contribution in [2.75, 3.05) is 13.1 Å². The molecule has 4 aromatic rings. The number of halogens is 1. The standard InChI is InChI=1S/C22H20FN5OS/c1-13-3-6-18-16(9-13)19(27-26-18)20(29)28-8-7-22(11-28,21-24-12-25-30-21)15-5-4-14(2)17(23)10-15/h3-6,9-10,12H,7-8,11H2,1-2H3,(H,26,27)/t22-/m1/s1. The number of fused-ring (bicyclic) bond motifs is 1. The normalized spacial score (nSPS) is 19.0. The maximum Gasteiger partial charge on any atom is 0.275 e. The van der Waals surface area contributed by atoms with Crippen LogP contribution in [0.4, 0.5) is 4.39 Å². The SMILES string of the molecule is Cc1ccc2[nH]nc(C(=O)N3CC[C@@](c4ccc(C)c(F)c4)(c4ncns4)C3)c2c1. The van der Waals surface area contributed by atoms with Crippen LogP contribution in [0.25, 0.3) is 10.9 Å². The lowest BCUT2D eigenvalue weighted by atomic mass is 9.80. The van der Waals surface area contributed by atoms with Gasteiger partial charge in [-0.3, -0.25) is 9.89 Å². The van der Waals surface area contributed by atoms with Gasteiger partial charge in [0.2, 0.25) is 0 Å². The Labute approximate surface area is 176 Å². The number of aromatic amines is 1. The van der Waals surface area contributed by atoms with Crippen LogP contribution in [0, 0.1) is 19.7 Å². The zero-order valence-electron chi connectivity index (χ0n) is 16.6. The molecule has 1 aliphatic rings. The molecule has 3 heterocycles. The van der Waals surface area contributed by atoms with Crippen molar-refractivity contribution in [2.24, 2.45) is 0 Å². The van der Waals surface area contributed by atoms with E-state index in [2.05, 4.69) is 19.6 Å². The first-order valence-electron chi connectivity index (χ1n) is 9.76. The fourth-order valence-corrected chi connectivity index (χ4v) is 4.98. The maximum absolute atomic E-state index is 14.4. The Morgan fingerprint density at radius 2 is 2.10 bits per heavy atom. The maximum atomic E-state index is 14.4. The number of nitrogens with one attached hydrogen (secondary N) is 1. The van der Waals surface area contributed by atoms with Gasteiger partial charge in [0, 0.05) is 18.5 Å². The number of carbonyl (C=O) groups is 1. The number of hydrogen-bond donors (Lipinski definition) is 1. The third-order valence-electron chi connectivity index (χ3n) is 5.97. The van der Waals surface area contributed by atoms with Gasteiger partial charge in [0.05, 0.1) is 10.9 Å². The van der Waals surface area contributed by atoms with Crippen LogP contribution in [-0.2, 0) is 5.41 Å². The van der Waals surface area contributed by atoms with E-state index in [4.69, 9.17) is 0 Å². The van der Waals surface area contributed by atoms with E-state index in [9.17, 15) is 9.18 Å². The molecule has 1 N–H and O–H groups in total. The van der Waals surface area contributed by atoms with Crippen LogP contribution < -0.4 is 0 Å². The van der Waals surface area contributed by atoms with Crippen molar-refractivity contribution in [3.8, 4) is 0 Å². The molecule has 0 unspecified atom stereocenters. The highest BCUT2D eigenvalue weighted by atomic mass is 32.1. The molecule has 5 rings (SSSR count). The second-order valence-electron chi connectivity index (χ2n) is 7.89. The highest BCUT2D eigenvalue weighted by Crippen LogP contribution is 2.42. The van der Waals surface area contributed by atoms with Gasteiger partial charge in [-0.2, -0.15) is 9.47 Å². The lowest BCUT2D eigenvalue weighted by molar-refractivity contribution is 0.0782. The first-order valence-corrected chi connectivity index (χ1v) is 10.5. The highest BCUT2D eigenvalue weighted by molar-refractivity contribution is 7.05. The number of amides is 1. The molecule has 0 saturated carbocycles. The van der Waals surface area contributed by atoms with Crippen LogP contribution in [0.2, 0.25) is 0 Å². The summed E-state index contributed by atoms with van der Waals surface area (Å²) in [6, 6.07) is 11.2. The molecule has 30 heavy (non-hydrogen) atoms. The van der Waals surface area contributed by atoms with E-state index in [-0.39, 0.29) is 11.7 Å². The van der Waals surface area contributed by atoms with Crippen molar-refractivity contribution in [3.05, 3.63) is 75.9 Å². The fraction of sp³-hybridized carbons (Fsp3) is 0.273. The molecule has 1 aliphatic heterocycles. The fourth-order valence-electron chi connectivity index (χ4n) is 4.23. The van der Waals surface area contributed by atoms with Gasteiger partial charge in [-0.1, -0.05) is 23.8 Å². The van der Waals surface area contributed by atoms with Gasteiger partial charge in [-0.05, 0) is 61.1 Å². The number of carbonyl (C=O) groups excluding carboxylic acids is 1. The van der Waals surface area contributed by atoms with Gasteiger partial charge >= 0.3 is 0 Å². The van der Waals surface area contributed by atoms with Gasteiger partial charge in [0.15, 0.2) is 5.69 Å². The molecule has 6 nitrogen and oxygen atoms in total. The van der Waals surface area contributed by atoms with Gasteiger partial charge in [-0.15, -0.1) is 0 Å². The quantitative estimate of drug-likeness (QED) is 0.543.